The van der Waals surface area contributed by atoms with E-state index in [9.17, 15) is 13.2 Å². The summed E-state index contributed by atoms with van der Waals surface area (Å²) in [6.45, 7) is 0.445. The van der Waals surface area contributed by atoms with Gasteiger partial charge in [-0.2, -0.15) is 18.3 Å². The van der Waals surface area contributed by atoms with Crippen molar-refractivity contribution in [2.75, 3.05) is 12.4 Å². The molecule has 0 spiro atoms. The average Bonchev–Trinajstić information content (AvgIpc) is 2.95. The second-order valence-electron chi connectivity index (χ2n) is 5.03. The molecule has 0 amide bonds. The predicted molar refractivity (Wildman–Crippen MR) is 81.4 cm³/mol. The van der Waals surface area contributed by atoms with Crippen LogP contribution in [0.5, 0.6) is 5.75 Å². The summed E-state index contributed by atoms with van der Waals surface area (Å²) in [6, 6.07) is 10.9. The molecule has 1 aromatic heterocycles. The van der Waals surface area contributed by atoms with Crippen LogP contribution in [0.1, 0.15) is 11.1 Å². The van der Waals surface area contributed by atoms with E-state index in [-0.39, 0.29) is 0 Å². The van der Waals surface area contributed by atoms with E-state index in [4.69, 9.17) is 4.74 Å². The third-order valence-corrected chi connectivity index (χ3v) is 3.51. The SMILES string of the molecule is COc1ccc(CNc2n[nH]c3ccc(C(F)(F)F)cc23)cc1. The zero-order valence-corrected chi connectivity index (χ0v) is 12.2. The zero-order chi connectivity index (χ0) is 16.4. The lowest BCUT2D eigenvalue weighted by Gasteiger charge is -2.08. The van der Waals surface area contributed by atoms with Gasteiger partial charge in [-0.3, -0.25) is 5.10 Å². The van der Waals surface area contributed by atoms with Crippen molar-refractivity contribution in [1.82, 2.24) is 10.2 Å². The van der Waals surface area contributed by atoms with E-state index < -0.39 is 11.7 Å². The Hall–Kier alpha value is -2.70. The fraction of sp³-hybridized carbons (Fsp3) is 0.188. The molecule has 120 valence electrons. The van der Waals surface area contributed by atoms with Gasteiger partial charge >= 0.3 is 6.18 Å². The summed E-state index contributed by atoms with van der Waals surface area (Å²) in [5, 5.41) is 10.2. The molecule has 3 rings (SSSR count). The molecule has 1 heterocycles. The van der Waals surface area contributed by atoms with Gasteiger partial charge in [0.05, 0.1) is 18.2 Å². The van der Waals surface area contributed by atoms with Gasteiger partial charge in [0.2, 0.25) is 0 Å². The first-order chi connectivity index (χ1) is 11.0. The highest BCUT2D eigenvalue weighted by atomic mass is 19.4. The third kappa shape index (κ3) is 3.23. The van der Waals surface area contributed by atoms with E-state index in [0.29, 0.717) is 23.3 Å². The monoisotopic (exact) mass is 321 g/mol. The van der Waals surface area contributed by atoms with Gasteiger partial charge in [-0.1, -0.05) is 12.1 Å². The minimum Gasteiger partial charge on any atom is -0.497 e. The van der Waals surface area contributed by atoms with Crippen LogP contribution in [-0.2, 0) is 12.7 Å². The molecule has 0 bridgehead atoms. The number of hydrogen-bond acceptors (Lipinski definition) is 3. The van der Waals surface area contributed by atoms with Gasteiger partial charge in [0.15, 0.2) is 5.82 Å². The first-order valence-electron chi connectivity index (χ1n) is 6.89. The summed E-state index contributed by atoms with van der Waals surface area (Å²) in [7, 11) is 1.58. The Kier molecular flexibility index (Phi) is 3.85. The smallest absolute Gasteiger partial charge is 0.416 e. The Labute approximate surface area is 130 Å². The van der Waals surface area contributed by atoms with E-state index >= 15 is 0 Å². The topological polar surface area (TPSA) is 49.9 Å². The van der Waals surface area contributed by atoms with Crippen molar-refractivity contribution in [2.45, 2.75) is 12.7 Å². The quantitative estimate of drug-likeness (QED) is 0.757. The maximum Gasteiger partial charge on any atom is 0.416 e. The number of ether oxygens (including phenoxy) is 1. The highest BCUT2D eigenvalue weighted by Gasteiger charge is 2.30. The lowest BCUT2D eigenvalue weighted by molar-refractivity contribution is -0.137. The summed E-state index contributed by atoms with van der Waals surface area (Å²) in [4.78, 5) is 0. The first-order valence-corrected chi connectivity index (χ1v) is 6.89. The second-order valence-corrected chi connectivity index (χ2v) is 5.03. The molecule has 0 saturated carbocycles. The number of aromatic nitrogens is 2. The number of aromatic amines is 1. The standard InChI is InChI=1S/C16H14F3N3O/c1-23-12-5-2-10(3-6-12)9-20-15-13-8-11(16(17,18)19)4-7-14(13)21-22-15/h2-8H,9H2,1H3,(H2,20,21,22). The van der Waals surface area contributed by atoms with Crippen molar-refractivity contribution >= 4 is 16.7 Å². The van der Waals surface area contributed by atoms with Crippen LogP contribution in [-0.4, -0.2) is 17.3 Å². The number of anilines is 1. The van der Waals surface area contributed by atoms with Gasteiger partial charge in [0.1, 0.15) is 5.75 Å². The average molecular weight is 321 g/mol. The Balaban J connectivity index is 1.82. The van der Waals surface area contributed by atoms with Crippen molar-refractivity contribution in [3.05, 3.63) is 53.6 Å². The molecule has 4 nitrogen and oxygen atoms in total. The van der Waals surface area contributed by atoms with Crippen LogP contribution in [0.2, 0.25) is 0 Å². The van der Waals surface area contributed by atoms with Crippen LogP contribution in [0.4, 0.5) is 19.0 Å². The third-order valence-electron chi connectivity index (χ3n) is 3.51. The molecule has 3 aromatic rings. The highest BCUT2D eigenvalue weighted by molar-refractivity contribution is 5.90. The summed E-state index contributed by atoms with van der Waals surface area (Å²) < 4.78 is 43.5. The number of H-pyrrole nitrogens is 1. The summed E-state index contributed by atoms with van der Waals surface area (Å²) >= 11 is 0. The number of rotatable bonds is 4. The molecule has 7 heteroatoms. The van der Waals surface area contributed by atoms with E-state index in [1.807, 2.05) is 24.3 Å². The normalized spacial score (nSPS) is 11.7. The molecular formula is C16H14F3N3O. The van der Waals surface area contributed by atoms with Gasteiger partial charge in [-0.15, -0.1) is 0 Å². The molecule has 0 aliphatic heterocycles. The van der Waals surface area contributed by atoms with Crippen LogP contribution < -0.4 is 10.1 Å². The molecule has 2 aromatic carbocycles. The van der Waals surface area contributed by atoms with E-state index in [0.717, 1.165) is 23.4 Å². The molecule has 0 aliphatic carbocycles. The van der Waals surface area contributed by atoms with Crippen molar-refractivity contribution < 1.29 is 17.9 Å². The number of nitrogens with one attached hydrogen (secondary N) is 2. The molecule has 0 saturated heterocycles. The molecular weight excluding hydrogens is 307 g/mol. The van der Waals surface area contributed by atoms with Gasteiger partial charge in [0.25, 0.3) is 0 Å². The number of methoxy groups -OCH3 is 1. The van der Waals surface area contributed by atoms with E-state index in [2.05, 4.69) is 15.5 Å². The molecule has 2 N–H and O–H groups in total. The van der Waals surface area contributed by atoms with Crippen LogP contribution in [0.3, 0.4) is 0 Å². The number of nitrogens with zero attached hydrogens (tertiary/aromatic N) is 1. The molecule has 0 unspecified atom stereocenters. The number of fused-ring (bicyclic) bond motifs is 1. The van der Waals surface area contributed by atoms with Crippen LogP contribution in [0, 0.1) is 0 Å². The zero-order valence-electron chi connectivity index (χ0n) is 12.2. The maximum atomic E-state index is 12.8. The predicted octanol–water partition coefficient (Wildman–Crippen LogP) is 4.20. The van der Waals surface area contributed by atoms with E-state index in [1.54, 1.807) is 7.11 Å². The van der Waals surface area contributed by atoms with Crippen molar-refractivity contribution in [3.8, 4) is 5.75 Å². The Bertz CT molecular complexity index is 810. The summed E-state index contributed by atoms with van der Waals surface area (Å²) in [6.07, 6.45) is -4.38. The molecule has 23 heavy (non-hydrogen) atoms. The minimum absolute atomic E-state index is 0.391. The molecule has 0 fully saturated rings. The van der Waals surface area contributed by atoms with Gasteiger partial charge in [-0.05, 0) is 35.9 Å². The molecule has 0 atom stereocenters. The lowest BCUT2D eigenvalue weighted by atomic mass is 10.1. The number of hydrogen-bond donors (Lipinski definition) is 2. The van der Waals surface area contributed by atoms with Gasteiger partial charge in [-0.25, -0.2) is 0 Å². The van der Waals surface area contributed by atoms with Crippen LogP contribution in [0.25, 0.3) is 10.9 Å². The largest absolute Gasteiger partial charge is 0.497 e. The minimum atomic E-state index is -4.38. The summed E-state index contributed by atoms with van der Waals surface area (Å²) in [5.74, 6) is 1.13. The van der Waals surface area contributed by atoms with Crippen molar-refractivity contribution in [1.29, 1.82) is 0 Å². The van der Waals surface area contributed by atoms with Gasteiger partial charge in [0, 0.05) is 11.9 Å². The summed E-state index contributed by atoms with van der Waals surface area (Å²) in [5.41, 5.74) is 0.822. The van der Waals surface area contributed by atoms with Crippen LogP contribution >= 0.6 is 0 Å². The maximum absolute atomic E-state index is 12.8. The van der Waals surface area contributed by atoms with Gasteiger partial charge < -0.3 is 10.1 Å². The molecule has 0 radical (unpaired) electrons. The fourth-order valence-electron chi connectivity index (χ4n) is 2.25. The fourth-order valence-corrected chi connectivity index (χ4v) is 2.25. The number of benzene rings is 2. The Morgan fingerprint density at radius 2 is 1.87 bits per heavy atom. The highest BCUT2D eigenvalue weighted by Crippen LogP contribution is 2.32. The van der Waals surface area contributed by atoms with Crippen molar-refractivity contribution in [3.63, 3.8) is 0 Å². The van der Waals surface area contributed by atoms with Crippen LogP contribution in [0.15, 0.2) is 42.5 Å². The first kappa shape index (κ1) is 15.2. The molecule has 0 aliphatic rings. The lowest BCUT2D eigenvalue weighted by Crippen LogP contribution is -2.04. The second kappa shape index (κ2) is 5.83. The van der Waals surface area contributed by atoms with Crippen molar-refractivity contribution in [2.24, 2.45) is 0 Å². The van der Waals surface area contributed by atoms with E-state index in [1.165, 1.54) is 6.07 Å². The Morgan fingerprint density at radius 3 is 2.52 bits per heavy atom. The Morgan fingerprint density at radius 1 is 1.13 bits per heavy atom. The number of alkyl halides is 3. The number of halogens is 3.